The number of terminal acetylenes is 2. The van der Waals surface area contributed by atoms with Crippen molar-refractivity contribution in [2.45, 2.75) is 104 Å². The molecule has 9 rings (SSSR count). The highest BCUT2D eigenvalue weighted by atomic mass is 15.6. The Labute approximate surface area is 472 Å². The zero-order valence-electron chi connectivity index (χ0n) is 48.6. The van der Waals surface area contributed by atoms with E-state index >= 15 is 0 Å². The molecule has 0 aliphatic heterocycles. The lowest BCUT2D eigenvalue weighted by Crippen LogP contribution is -2.16. The number of nitrogens with zero attached hydrogens (tertiary/aromatic N) is 12. The van der Waals surface area contributed by atoms with Crippen molar-refractivity contribution >= 4 is 80.1 Å². The topological polar surface area (TPSA) is 243 Å². The number of rotatable bonds is 20. The summed E-state index contributed by atoms with van der Waals surface area (Å²) in [6.45, 7) is 31.8. The Morgan fingerprint density at radius 1 is 0.309 bits per heavy atom. The van der Waals surface area contributed by atoms with Gasteiger partial charge in [0.2, 0.25) is 0 Å². The van der Waals surface area contributed by atoms with Crippen LogP contribution in [0, 0.1) is 129 Å². The van der Waals surface area contributed by atoms with E-state index in [1.54, 1.807) is 19.2 Å². The quantitative estimate of drug-likeness (QED) is 0.0319. The second-order valence-electron chi connectivity index (χ2n) is 20.7. The van der Waals surface area contributed by atoms with Crippen molar-refractivity contribution in [3.8, 4) is 24.7 Å². The van der Waals surface area contributed by atoms with Gasteiger partial charge in [-0.15, -0.1) is 33.2 Å². The standard InChI is InChI=1S/C59H70N22/c1-18-20-60-50-31(3)22-33(5)52(41(50)13)62-46-27-78(74-66-46)70-56-37(9)24-35(7)54(43(56)15)64-48-29-80(76-68-48)72-58-39(11)26-40(12)59(45(58)17)73-81-30-49(69-77-81)65-55-36(8)25-38(10)57(44(55)16)71-79-28-47(67-75-79)63-53-34(6)23-32(4)51(42(53)14)61-21-19-2/h1-2,22-30,60-65,70-73H,20-21H2,3-17H3. The van der Waals surface area contributed by atoms with Gasteiger partial charge in [0.05, 0.1) is 60.6 Å². The Morgan fingerprint density at radius 3 is 0.741 bits per heavy atom. The van der Waals surface area contributed by atoms with E-state index in [1.807, 2.05) is 31.7 Å². The summed E-state index contributed by atoms with van der Waals surface area (Å²) in [4.78, 5) is 6.40. The van der Waals surface area contributed by atoms with Gasteiger partial charge in [0, 0.05) is 34.1 Å². The molecule has 0 aliphatic carbocycles. The first-order valence-electron chi connectivity index (χ1n) is 26.5. The molecule has 22 heteroatoms. The maximum Gasteiger partial charge on any atom is 0.175 e. The van der Waals surface area contributed by atoms with E-state index in [0.717, 1.165) is 140 Å². The first-order valence-corrected chi connectivity index (χ1v) is 26.5. The minimum atomic E-state index is 0.433. The minimum Gasteiger partial charge on any atom is -0.374 e. The molecule has 0 bridgehead atoms. The molecule has 0 spiro atoms. The van der Waals surface area contributed by atoms with Gasteiger partial charge >= 0.3 is 0 Å². The normalized spacial score (nSPS) is 11.0. The van der Waals surface area contributed by atoms with E-state index in [2.05, 4.69) is 234 Å². The Kier molecular flexibility index (Phi) is 15.8. The van der Waals surface area contributed by atoms with Gasteiger partial charge in [-0.25, -0.2) is 0 Å². The van der Waals surface area contributed by atoms with Gasteiger partial charge in [0.1, 0.15) is 0 Å². The highest BCUT2D eigenvalue weighted by molar-refractivity contribution is 5.79. The smallest absolute Gasteiger partial charge is 0.175 e. The fraction of sp³-hybridized carbons (Fsp3) is 0.288. The third kappa shape index (κ3) is 11.7. The largest absolute Gasteiger partial charge is 0.374 e. The van der Waals surface area contributed by atoms with Crippen LogP contribution in [-0.4, -0.2) is 73.5 Å². The second kappa shape index (κ2) is 23.0. The molecule has 0 radical (unpaired) electrons. The molecule has 0 saturated heterocycles. The van der Waals surface area contributed by atoms with Crippen molar-refractivity contribution in [3.63, 3.8) is 0 Å². The number of aromatic nitrogens is 12. The summed E-state index contributed by atoms with van der Waals surface area (Å²) in [5.74, 6) is 7.59. The molecule has 81 heavy (non-hydrogen) atoms. The van der Waals surface area contributed by atoms with Crippen LogP contribution in [0.25, 0.3) is 0 Å². The maximum absolute atomic E-state index is 5.55. The third-order valence-electron chi connectivity index (χ3n) is 14.5. The molecule has 9 aromatic rings. The number of benzene rings is 5. The predicted octanol–water partition coefficient (Wildman–Crippen LogP) is 11.2. The molecule has 0 saturated carbocycles. The number of anilines is 14. The zero-order valence-corrected chi connectivity index (χ0v) is 48.6. The molecule has 4 heterocycles. The Balaban J connectivity index is 0.859. The summed E-state index contributed by atoms with van der Waals surface area (Å²) >= 11 is 0. The fourth-order valence-corrected chi connectivity index (χ4v) is 10.7. The summed E-state index contributed by atoms with van der Waals surface area (Å²) in [7, 11) is 0. The highest BCUT2D eigenvalue weighted by Gasteiger charge is 2.20. The van der Waals surface area contributed by atoms with Crippen LogP contribution in [0.1, 0.15) is 83.5 Å². The zero-order chi connectivity index (χ0) is 58.0. The Morgan fingerprint density at radius 2 is 0.506 bits per heavy atom. The van der Waals surface area contributed by atoms with Gasteiger partial charge in [0.15, 0.2) is 23.3 Å². The summed E-state index contributed by atoms with van der Waals surface area (Å²) in [6.07, 6.45) is 18.3. The van der Waals surface area contributed by atoms with Crippen LogP contribution in [0.3, 0.4) is 0 Å². The van der Waals surface area contributed by atoms with Crippen LogP contribution in [0.2, 0.25) is 0 Å². The molecule has 416 valence electrons. The van der Waals surface area contributed by atoms with Gasteiger partial charge < -0.3 is 31.9 Å². The van der Waals surface area contributed by atoms with Gasteiger partial charge in [0.25, 0.3) is 0 Å². The monoisotopic (exact) mass is 1090 g/mol. The van der Waals surface area contributed by atoms with E-state index in [0.29, 0.717) is 36.4 Å². The number of aryl methyl sites for hydroxylation is 10. The molecule has 0 fully saturated rings. The molecule has 0 amide bonds. The van der Waals surface area contributed by atoms with E-state index in [4.69, 9.17) is 12.8 Å². The summed E-state index contributed by atoms with van der Waals surface area (Å²) in [5.41, 5.74) is 38.5. The number of hydrogen-bond donors (Lipinski definition) is 10. The van der Waals surface area contributed by atoms with Gasteiger partial charge in [-0.1, -0.05) is 42.2 Å². The summed E-state index contributed by atoms with van der Waals surface area (Å²) < 4.78 is 0. The van der Waals surface area contributed by atoms with Gasteiger partial charge in [-0.2, -0.15) is 19.2 Å². The predicted molar refractivity (Wildman–Crippen MR) is 327 cm³/mol. The van der Waals surface area contributed by atoms with Crippen LogP contribution in [0.5, 0.6) is 0 Å². The van der Waals surface area contributed by atoms with E-state index in [-0.39, 0.29) is 0 Å². The van der Waals surface area contributed by atoms with Crippen molar-refractivity contribution in [1.82, 2.24) is 60.4 Å². The lowest BCUT2D eigenvalue weighted by Gasteiger charge is -2.19. The van der Waals surface area contributed by atoms with Crippen molar-refractivity contribution in [1.29, 1.82) is 0 Å². The molecular formula is C59H70N22. The van der Waals surface area contributed by atoms with Crippen molar-refractivity contribution in [3.05, 3.63) is 139 Å². The number of nitrogens with one attached hydrogen (secondary N) is 10. The van der Waals surface area contributed by atoms with Gasteiger partial charge in [-0.05, 0) is 208 Å². The number of hydrogen-bond acceptors (Lipinski definition) is 18. The van der Waals surface area contributed by atoms with Crippen molar-refractivity contribution < 1.29 is 0 Å². The second-order valence-corrected chi connectivity index (χ2v) is 20.7. The van der Waals surface area contributed by atoms with Crippen LogP contribution < -0.4 is 53.6 Å². The first-order chi connectivity index (χ1) is 38.7. The first kappa shape index (κ1) is 55.5. The Bertz CT molecular complexity index is 3700. The van der Waals surface area contributed by atoms with Crippen molar-refractivity contribution in [2.75, 3.05) is 66.7 Å². The van der Waals surface area contributed by atoms with Crippen LogP contribution >= 0.6 is 0 Å². The van der Waals surface area contributed by atoms with Crippen LogP contribution in [0.4, 0.5) is 80.1 Å². The van der Waals surface area contributed by atoms with Gasteiger partial charge in [-0.3, -0.25) is 21.7 Å². The summed E-state index contributed by atoms with van der Waals surface area (Å²) in [6, 6.07) is 10.6. The molecule has 22 nitrogen and oxygen atoms in total. The third-order valence-corrected chi connectivity index (χ3v) is 14.5. The van der Waals surface area contributed by atoms with Crippen LogP contribution in [-0.2, 0) is 0 Å². The average Bonchev–Trinajstić information content (AvgIpc) is 4.39. The highest BCUT2D eigenvalue weighted by Crippen LogP contribution is 2.38. The SMILES string of the molecule is C#CCNc1c(C)cc(C)c(Nc2cn(Nc3c(C)cc(C)c(Nc4cn(Nc5c(C)cc(C)c(Nn6cc(Nc7c(C)cc(C)c(Nn8cc(Nc9c(C)cc(C)c(NCC#C)c9C)nn8)c7C)nn6)c5C)nn4)c3C)nn2)c1C. The lowest BCUT2D eigenvalue weighted by molar-refractivity contribution is 0.737. The lowest BCUT2D eigenvalue weighted by atomic mass is 10.0. The van der Waals surface area contributed by atoms with E-state index in [1.165, 1.54) is 0 Å². The maximum atomic E-state index is 5.55. The average molecular weight is 1090 g/mol. The molecule has 0 unspecified atom stereocenters. The molecule has 10 N–H and O–H groups in total. The molecule has 4 aromatic heterocycles. The molecular weight excluding hydrogens is 1020 g/mol. The molecule has 0 aliphatic rings. The minimum absolute atomic E-state index is 0.433. The van der Waals surface area contributed by atoms with E-state index in [9.17, 15) is 0 Å². The Hall–Kier alpha value is -10.2. The fourth-order valence-electron chi connectivity index (χ4n) is 10.7. The van der Waals surface area contributed by atoms with Crippen molar-refractivity contribution in [2.24, 2.45) is 0 Å². The molecule has 5 aromatic carbocycles. The van der Waals surface area contributed by atoms with Crippen LogP contribution in [0.15, 0.2) is 55.1 Å². The van der Waals surface area contributed by atoms with E-state index < -0.39 is 0 Å². The molecule has 0 atom stereocenters. The summed E-state index contributed by atoms with van der Waals surface area (Å²) in [5, 5.41) is 56.2.